The standard InChI is InChI=1S/C12H9F2NO2/c13-10-5-4-9(11(14)7-10)8-17-15-6-2-1-3-12(15)16/h1-7H,8H2. The van der Waals surface area contributed by atoms with Crippen LogP contribution in [0.1, 0.15) is 5.56 Å². The van der Waals surface area contributed by atoms with Gasteiger partial charge in [-0.05, 0) is 18.2 Å². The lowest BCUT2D eigenvalue weighted by Crippen LogP contribution is -2.25. The molecule has 0 amide bonds. The number of hydrogen-bond acceptors (Lipinski definition) is 2. The monoisotopic (exact) mass is 237 g/mol. The van der Waals surface area contributed by atoms with Gasteiger partial charge in [0.15, 0.2) is 0 Å². The lowest BCUT2D eigenvalue weighted by Gasteiger charge is -2.08. The van der Waals surface area contributed by atoms with Crippen molar-refractivity contribution in [2.24, 2.45) is 0 Å². The van der Waals surface area contributed by atoms with Crippen molar-refractivity contribution in [3.05, 3.63) is 70.1 Å². The second kappa shape index (κ2) is 4.78. The molecule has 0 N–H and O–H groups in total. The SMILES string of the molecule is O=c1ccccn1OCc1ccc(F)cc1F. The molecule has 3 nitrogen and oxygen atoms in total. The molecule has 1 heterocycles. The van der Waals surface area contributed by atoms with E-state index in [-0.39, 0.29) is 17.7 Å². The summed E-state index contributed by atoms with van der Waals surface area (Å²) in [5.74, 6) is -1.35. The Bertz CT molecular complexity index is 581. The van der Waals surface area contributed by atoms with E-state index in [4.69, 9.17) is 4.84 Å². The molecule has 5 heteroatoms. The van der Waals surface area contributed by atoms with Gasteiger partial charge in [-0.1, -0.05) is 6.07 Å². The van der Waals surface area contributed by atoms with Gasteiger partial charge in [0, 0.05) is 23.9 Å². The van der Waals surface area contributed by atoms with Crippen molar-refractivity contribution < 1.29 is 13.6 Å². The van der Waals surface area contributed by atoms with E-state index < -0.39 is 11.6 Å². The number of nitrogens with zero attached hydrogens (tertiary/aromatic N) is 1. The molecule has 0 spiro atoms. The molecule has 2 rings (SSSR count). The fraction of sp³-hybridized carbons (Fsp3) is 0.0833. The van der Waals surface area contributed by atoms with Gasteiger partial charge in [0.2, 0.25) is 0 Å². The maximum Gasteiger partial charge on any atom is 0.282 e. The minimum atomic E-state index is -0.700. The average molecular weight is 237 g/mol. The number of aromatic nitrogens is 1. The molecular weight excluding hydrogens is 228 g/mol. The molecule has 0 bridgehead atoms. The Labute approximate surface area is 95.8 Å². The summed E-state index contributed by atoms with van der Waals surface area (Å²) >= 11 is 0. The fourth-order valence-corrected chi connectivity index (χ4v) is 1.30. The Morgan fingerprint density at radius 2 is 2.00 bits per heavy atom. The van der Waals surface area contributed by atoms with Crippen LogP contribution in [0.15, 0.2) is 47.4 Å². The number of rotatable bonds is 3. The second-order valence-corrected chi connectivity index (χ2v) is 3.37. The van der Waals surface area contributed by atoms with Gasteiger partial charge < -0.3 is 4.84 Å². The van der Waals surface area contributed by atoms with Gasteiger partial charge in [-0.15, -0.1) is 0 Å². The Morgan fingerprint density at radius 1 is 1.18 bits per heavy atom. The topological polar surface area (TPSA) is 31.2 Å². The minimum absolute atomic E-state index is 0.143. The summed E-state index contributed by atoms with van der Waals surface area (Å²) in [5, 5.41) is 0. The molecule has 1 aromatic heterocycles. The van der Waals surface area contributed by atoms with Crippen LogP contribution in [-0.4, -0.2) is 4.73 Å². The smallest absolute Gasteiger partial charge is 0.282 e. The number of benzene rings is 1. The molecule has 2 aromatic rings. The number of hydrogen-bond donors (Lipinski definition) is 0. The predicted octanol–water partition coefficient (Wildman–Crippen LogP) is 1.76. The fourth-order valence-electron chi connectivity index (χ4n) is 1.30. The van der Waals surface area contributed by atoms with Gasteiger partial charge in [0.25, 0.3) is 5.56 Å². The summed E-state index contributed by atoms with van der Waals surface area (Å²) in [7, 11) is 0. The van der Waals surface area contributed by atoms with Crippen LogP contribution in [0, 0.1) is 11.6 Å². The third-order valence-corrected chi connectivity index (χ3v) is 2.16. The van der Waals surface area contributed by atoms with E-state index in [0.717, 1.165) is 16.9 Å². The molecule has 88 valence electrons. The minimum Gasteiger partial charge on any atom is -0.406 e. The third-order valence-electron chi connectivity index (χ3n) is 2.16. The van der Waals surface area contributed by atoms with Gasteiger partial charge in [0.1, 0.15) is 18.2 Å². The van der Waals surface area contributed by atoms with Gasteiger partial charge >= 0.3 is 0 Å². The molecule has 0 aliphatic carbocycles. The predicted molar refractivity (Wildman–Crippen MR) is 57.3 cm³/mol. The lowest BCUT2D eigenvalue weighted by atomic mass is 10.2. The first-order valence-corrected chi connectivity index (χ1v) is 4.92. The number of halogens is 2. The largest absolute Gasteiger partial charge is 0.406 e. The highest BCUT2D eigenvalue weighted by molar-refractivity contribution is 5.17. The van der Waals surface area contributed by atoms with E-state index in [1.54, 1.807) is 12.1 Å². The molecule has 0 radical (unpaired) electrons. The normalized spacial score (nSPS) is 10.2. The van der Waals surface area contributed by atoms with Crippen molar-refractivity contribution in [3.63, 3.8) is 0 Å². The summed E-state index contributed by atoms with van der Waals surface area (Å²) < 4.78 is 26.9. The summed E-state index contributed by atoms with van der Waals surface area (Å²) in [6.07, 6.45) is 1.42. The van der Waals surface area contributed by atoms with Crippen molar-refractivity contribution in [2.75, 3.05) is 0 Å². The van der Waals surface area contributed by atoms with Crippen LogP contribution in [0.2, 0.25) is 0 Å². The first kappa shape index (κ1) is 11.3. The van der Waals surface area contributed by atoms with E-state index >= 15 is 0 Å². The van der Waals surface area contributed by atoms with Gasteiger partial charge in [-0.25, -0.2) is 8.78 Å². The van der Waals surface area contributed by atoms with E-state index in [9.17, 15) is 13.6 Å². The molecule has 0 saturated heterocycles. The van der Waals surface area contributed by atoms with Gasteiger partial charge in [0.05, 0.1) is 0 Å². The Morgan fingerprint density at radius 3 is 2.71 bits per heavy atom. The summed E-state index contributed by atoms with van der Waals surface area (Å²) in [6.45, 7) is -0.143. The van der Waals surface area contributed by atoms with Crippen LogP contribution >= 0.6 is 0 Å². The van der Waals surface area contributed by atoms with Gasteiger partial charge in [-0.3, -0.25) is 4.79 Å². The Kier molecular flexibility index (Phi) is 3.18. The molecule has 0 aliphatic rings. The zero-order valence-electron chi connectivity index (χ0n) is 8.77. The average Bonchev–Trinajstić information content (AvgIpc) is 2.30. The van der Waals surface area contributed by atoms with E-state index in [1.165, 1.54) is 18.3 Å². The molecule has 0 unspecified atom stereocenters. The molecule has 0 saturated carbocycles. The molecule has 1 aromatic carbocycles. The van der Waals surface area contributed by atoms with E-state index in [1.807, 2.05) is 0 Å². The van der Waals surface area contributed by atoms with Crippen molar-refractivity contribution in [1.29, 1.82) is 0 Å². The number of pyridine rings is 1. The van der Waals surface area contributed by atoms with Crippen LogP contribution in [0.5, 0.6) is 0 Å². The highest BCUT2D eigenvalue weighted by Crippen LogP contribution is 2.09. The summed E-state index contributed by atoms with van der Waals surface area (Å²) in [6, 6.07) is 7.69. The summed E-state index contributed by atoms with van der Waals surface area (Å²) in [5.41, 5.74) is -0.169. The van der Waals surface area contributed by atoms with Crippen molar-refractivity contribution >= 4 is 0 Å². The van der Waals surface area contributed by atoms with Crippen LogP contribution in [-0.2, 0) is 6.61 Å². The van der Waals surface area contributed by atoms with Gasteiger partial charge in [-0.2, -0.15) is 4.73 Å². The first-order valence-electron chi connectivity index (χ1n) is 4.92. The zero-order chi connectivity index (χ0) is 12.3. The summed E-state index contributed by atoms with van der Waals surface area (Å²) in [4.78, 5) is 16.3. The van der Waals surface area contributed by atoms with E-state index in [0.29, 0.717) is 0 Å². The van der Waals surface area contributed by atoms with Crippen LogP contribution in [0.4, 0.5) is 8.78 Å². The maximum atomic E-state index is 13.2. The highest BCUT2D eigenvalue weighted by atomic mass is 19.1. The molecular formula is C12H9F2NO2. The Hall–Kier alpha value is -2.17. The van der Waals surface area contributed by atoms with Crippen molar-refractivity contribution in [2.45, 2.75) is 6.61 Å². The molecule has 0 aliphatic heterocycles. The molecule has 0 atom stereocenters. The Balaban J connectivity index is 2.13. The second-order valence-electron chi connectivity index (χ2n) is 3.37. The van der Waals surface area contributed by atoms with Crippen molar-refractivity contribution in [1.82, 2.24) is 4.73 Å². The lowest BCUT2D eigenvalue weighted by molar-refractivity contribution is 0.0871. The molecule has 17 heavy (non-hydrogen) atoms. The third kappa shape index (κ3) is 2.69. The quantitative estimate of drug-likeness (QED) is 0.814. The van der Waals surface area contributed by atoms with Crippen LogP contribution in [0.3, 0.4) is 0 Å². The molecule has 0 fully saturated rings. The maximum absolute atomic E-state index is 13.2. The van der Waals surface area contributed by atoms with Crippen LogP contribution < -0.4 is 10.4 Å². The van der Waals surface area contributed by atoms with Crippen molar-refractivity contribution in [3.8, 4) is 0 Å². The van der Waals surface area contributed by atoms with E-state index in [2.05, 4.69) is 0 Å². The highest BCUT2D eigenvalue weighted by Gasteiger charge is 2.04. The van der Waals surface area contributed by atoms with Crippen LogP contribution in [0.25, 0.3) is 0 Å². The zero-order valence-corrected chi connectivity index (χ0v) is 8.77. The first-order chi connectivity index (χ1) is 8.16.